The number of rotatable bonds is 5. The van der Waals surface area contributed by atoms with Crippen LogP contribution >= 0.6 is 15.9 Å². The highest BCUT2D eigenvalue weighted by atomic mass is 79.9. The van der Waals surface area contributed by atoms with Crippen LogP contribution in [0.5, 0.6) is 11.6 Å². The molecule has 0 saturated carbocycles. The number of ether oxygens (including phenoxy) is 1. The van der Waals surface area contributed by atoms with E-state index in [1.807, 2.05) is 45.3 Å². The number of hydrogen-bond donors (Lipinski definition) is 0. The predicted octanol–water partition coefficient (Wildman–Crippen LogP) is 6.17. The van der Waals surface area contributed by atoms with Gasteiger partial charge in [-0.05, 0) is 78.0 Å². The van der Waals surface area contributed by atoms with Gasteiger partial charge in [0.1, 0.15) is 5.75 Å². The molecule has 0 amide bonds. The minimum Gasteiger partial charge on any atom is -0.437 e. The quantitative estimate of drug-likeness (QED) is 0.298. The van der Waals surface area contributed by atoms with Crippen molar-refractivity contribution in [2.24, 2.45) is 0 Å². The Balaban J connectivity index is 1.31. The fraction of sp³-hybridized carbons (Fsp3) is 0.286. The van der Waals surface area contributed by atoms with Gasteiger partial charge in [0, 0.05) is 37.8 Å². The standard InChI is InChI=1S/C28H27BrN6O/c1-18-14-20(16-30)15-19(2)26(18)36-27-23(29)17-32-28(33-27)34(3)22-9-12-35(13-10-22)24-8-4-6-21-7-5-11-31-25(21)24/h4-8,11,14-15,17,22H,9-10,12-13H2,1-3H3. The molecule has 182 valence electrons. The Morgan fingerprint density at radius 3 is 2.53 bits per heavy atom. The molecule has 2 aromatic carbocycles. The average Bonchev–Trinajstić information content (AvgIpc) is 2.91. The van der Waals surface area contributed by atoms with Gasteiger partial charge in [-0.3, -0.25) is 4.98 Å². The number of aryl methyl sites for hydroxylation is 2. The van der Waals surface area contributed by atoms with E-state index in [9.17, 15) is 5.26 Å². The highest BCUT2D eigenvalue weighted by Crippen LogP contribution is 2.34. The summed E-state index contributed by atoms with van der Waals surface area (Å²) < 4.78 is 6.90. The molecule has 0 spiro atoms. The van der Waals surface area contributed by atoms with E-state index in [-0.39, 0.29) is 0 Å². The van der Waals surface area contributed by atoms with Gasteiger partial charge in [-0.1, -0.05) is 18.2 Å². The lowest BCUT2D eigenvalue weighted by atomic mass is 10.0. The third-order valence-corrected chi connectivity index (χ3v) is 7.31. The first kappa shape index (κ1) is 24.0. The van der Waals surface area contributed by atoms with Gasteiger partial charge in [-0.2, -0.15) is 10.2 Å². The number of anilines is 2. The van der Waals surface area contributed by atoms with Gasteiger partial charge >= 0.3 is 0 Å². The van der Waals surface area contributed by atoms with E-state index in [1.54, 1.807) is 6.20 Å². The average molecular weight is 543 g/mol. The summed E-state index contributed by atoms with van der Waals surface area (Å²) in [4.78, 5) is 18.5. The summed E-state index contributed by atoms with van der Waals surface area (Å²) in [6.07, 6.45) is 5.57. The van der Waals surface area contributed by atoms with Crippen LogP contribution in [0.25, 0.3) is 10.9 Å². The normalized spacial score (nSPS) is 14.0. The summed E-state index contributed by atoms with van der Waals surface area (Å²) in [6, 6.07) is 16.6. The Labute approximate surface area is 219 Å². The van der Waals surface area contributed by atoms with Crippen LogP contribution in [0.4, 0.5) is 11.6 Å². The molecule has 0 radical (unpaired) electrons. The Morgan fingerprint density at radius 2 is 1.81 bits per heavy atom. The van der Waals surface area contributed by atoms with Crippen molar-refractivity contribution >= 4 is 38.5 Å². The monoisotopic (exact) mass is 542 g/mol. The molecule has 3 heterocycles. The van der Waals surface area contributed by atoms with Crippen molar-refractivity contribution in [1.29, 1.82) is 5.26 Å². The summed E-state index contributed by atoms with van der Waals surface area (Å²) in [5.41, 5.74) is 4.64. The molecule has 1 aliphatic rings. The summed E-state index contributed by atoms with van der Waals surface area (Å²) in [6.45, 7) is 5.75. The zero-order valence-corrected chi connectivity index (χ0v) is 22.2. The van der Waals surface area contributed by atoms with Crippen molar-refractivity contribution < 1.29 is 4.74 Å². The Hall–Kier alpha value is -3.70. The number of halogens is 1. The van der Waals surface area contributed by atoms with Crippen LogP contribution in [0.15, 0.2) is 59.3 Å². The second-order valence-corrected chi connectivity index (χ2v) is 10.0. The number of benzene rings is 2. The van der Waals surface area contributed by atoms with Crippen molar-refractivity contribution in [2.75, 3.05) is 29.9 Å². The number of pyridine rings is 1. The molecular formula is C28H27BrN6O. The van der Waals surface area contributed by atoms with Crippen LogP contribution in [0.1, 0.15) is 29.5 Å². The maximum atomic E-state index is 9.23. The van der Waals surface area contributed by atoms with Crippen molar-refractivity contribution in [3.63, 3.8) is 0 Å². The topological polar surface area (TPSA) is 78.2 Å². The number of piperidine rings is 1. The van der Waals surface area contributed by atoms with Crippen LogP contribution < -0.4 is 14.5 Å². The van der Waals surface area contributed by atoms with E-state index >= 15 is 0 Å². The molecule has 0 atom stereocenters. The van der Waals surface area contributed by atoms with E-state index < -0.39 is 0 Å². The van der Waals surface area contributed by atoms with E-state index in [0.29, 0.717) is 33.7 Å². The smallest absolute Gasteiger partial charge is 0.238 e. The number of nitriles is 1. The fourth-order valence-electron chi connectivity index (χ4n) is 4.86. The molecule has 7 nitrogen and oxygen atoms in total. The van der Waals surface area contributed by atoms with Crippen molar-refractivity contribution in [2.45, 2.75) is 32.7 Å². The van der Waals surface area contributed by atoms with Crippen LogP contribution in [0, 0.1) is 25.2 Å². The maximum Gasteiger partial charge on any atom is 0.238 e. The molecular weight excluding hydrogens is 516 g/mol. The SMILES string of the molecule is Cc1cc(C#N)cc(C)c1Oc1nc(N(C)C2CCN(c3cccc4cccnc34)CC2)ncc1Br. The van der Waals surface area contributed by atoms with Gasteiger partial charge in [0.05, 0.1) is 33.5 Å². The van der Waals surface area contributed by atoms with E-state index in [4.69, 9.17) is 9.72 Å². The second kappa shape index (κ2) is 10.1. The largest absolute Gasteiger partial charge is 0.437 e. The van der Waals surface area contributed by atoms with E-state index in [1.165, 1.54) is 5.69 Å². The van der Waals surface area contributed by atoms with Gasteiger partial charge in [-0.15, -0.1) is 0 Å². The minimum absolute atomic E-state index is 0.316. The summed E-state index contributed by atoms with van der Waals surface area (Å²) in [5, 5.41) is 10.4. The molecule has 8 heteroatoms. The van der Waals surface area contributed by atoms with Crippen LogP contribution in [0.2, 0.25) is 0 Å². The molecule has 1 fully saturated rings. The molecule has 0 N–H and O–H groups in total. The number of fused-ring (bicyclic) bond motifs is 1. The second-order valence-electron chi connectivity index (χ2n) is 9.16. The van der Waals surface area contributed by atoms with Crippen molar-refractivity contribution in [1.82, 2.24) is 15.0 Å². The minimum atomic E-state index is 0.316. The number of para-hydroxylation sites is 1. The molecule has 1 saturated heterocycles. The first-order chi connectivity index (χ1) is 17.4. The first-order valence-electron chi connectivity index (χ1n) is 12.0. The third-order valence-electron chi connectivity index (χ3n) is 6.77. The summed E-state index contributed by atoms with van der Waals surface area (Å²) in [5.74, 6) is 1.79. The molecule has 2 aromatic heterocycles. The Morgan fingerprint density at radius 1 is 1.08 bits per heavy atom. The lowest BCUT2D eigenvalue weighted by Crippen LogP contribution is -2.44. The number of nitrogens with zero attached hydrogens (tertiary/aromatic N) is 6. The Bertz CT molecular complexity index is 1430. The zero-order valence-electron chi connectivity index (χ0n) is 20.6. The molecule has 1 aliphatic heterocycles. The Kier molecular flexibility index (Phi) is 6.75. The molecule has 36 heavy (non-hydrogen) atoms. The molecule has 4 aromatic rings. The van der Waals surface area contributed by atoms with E-state index in [0.717, 1.165) is 48.0 Å². The summed E-state index contributed by atoms with van der Waals surface area (Å²) in [7, 11) is 2.05. The predicted molar refractivity (Wildman–Crippen MR) is 146 cm³/mol. The number of aromatic nitrogens is 3. The fourth-order valence-corrected chi connectivity index (χ4v) is 5.13. The summed E-state index contributed by atoms with van der Waals surface area (Å²) >= 11 is 3.53. The lowest BCUT2D eigenvalue weighted by molar-refractivity contribution is 0.445. The lowest BCUT2D eigenvalue weighted by Gasteiger charge is -2.38. The first-order valence-corrected chi connectivity index (χ1v) is 12.8. The van der Waals surface area contributed by atoms with Gasteiger partial charge in [0.25, 0.3) is 0 Å². The van der Waals surface area contributed by atoms with E-state index in [2.05, 4.69) is 66.0 Å². The van der Waals surface area contributed by atoms with Crippen LogP contribution in [-0.2, 0) is 0 Å². The van der Waals surface area contributed by atoms with Crippen LogP contribution in [0.3, 0.4) is 0 Å². The van der Waals surface area contributed by atoms with Gasteiger partial charge < -0.3 is 14.5 Å². The third kappa shape index (κ3) is 4.71. The van der Waals surface area contributed by atoms with Crippen LogP contribution in [-0.4, -0.2) is 41.1 Å². The number of hydrogen-bond acceptors (Lipinski definition) is 7. The maximum absolute atomic E-state index is 9.23. The molecule has 5 rings (SSSR count). The van der Waals surface area contributed by atoms with Gasteiger partial charge in [0.2, 0.25) is 11.8 Å². The van der Waals surface area contributed by atoms with Gasteiger partial charge in [-0.25, -0.2) is 4.98 Å². The molecule has 0 unspecified atom stereocenters. The van der Waals surface area contributed by atoms with Gasteiger partial charge in [0.15, 0.2) is 0 Å². The zero-order chi connectivity index (χ0) is 25.2. The molecule has 0 bridgehead atoms. The molecule has 0 aliphatic carbocycles. The highest BCUT2D eigenvalue weighted by molar-refractivity contribution is 9.10. The highest BCUT2D eigenvalue weighted by Gasteiger charge is 2.26. The van der Waals surface area contributed by atoms with Crippen molar-refractivity contribution in [3.05, 3.63) is 76.0 Å². The van der Waals surface area contributed by atoms with Crippen molar-refractivity contribution in [3.8, 4) is 17.7 Å².